The molecule has 46 nitrogen and oxygen atoms in total. The number of guanidine groups is 1. The van der Waals surface area contributed by atoms with Crippen molar-refractivity contribution in [2.75, 3.05) is 45.8 Å². The van der Waals surface area contributed by atoms with Gasteiger partial charge in [-0.3, -0.25) is 86.5 Å². The number of primary amides is 2. The Balaban J connectivity index is 1.31. The third-order valence-corrected chi connectivity index (χ3v) is 21.9. The molecule has 3 fully saturated rings. The molecule has 2 aromatic rings. The Labute approximate surface area is 724 Å². The van der Waals surface area contributed by atoms with Gasteiger partial charge in [0.2, 0.25) is 94.5 Å². The summed E-state index contributed by atoms with van der Waals surface area (Å²) < 4.78 is 0. The smallest absolute Gasteiger partial charge is 0.326 e. The second kappa shape index (κ2) is 52.6. The lowest BCUT2D eigenvalue weighted by molar-refractivity contribution is -0.144. The number of likely N-dealkylation sites (tertiary alicyclic amines) is 3. The summed E-state index contributed by atoms with van der Waals surface area (Å²) in [4.78, 5) is 271. The van der Waals surface area contributed by atoms with Gasteiger partial charge in [-0.1, -0.05) is 48.0 Å². The average molecular weight is 1760 g/mol. The van der Waals surface area contributed by atoms with E-state index in [-0.39, 0.29) is 122 Å². The molecular formula is C79H130N26O20. The molecule has 46 heteroatoms. The van der Waals surface area contributed by atoms with E-state index in [9.17, 15) is 91.7 Å². The van der Waals surface area contributed by atoms with Crippen molar-refractivity contribution in [1.29, 1.82) is 0 Å². The molecular weight excluding hydrogens is 1630 g/mol. The zero-order valence-electron chi connectivity index (χ0n) is 72.0. The van der Waals surface area contributed by atoms with Crippen LogP contribution in [0.1, 0.15) is 194 Å². The maximum Gasteiger partial charge on any atom is 0.326 e. The molecule has 0 radical (unpaired) electrons. The van der Waals surface area contributed by atoms with Crippen LogP contribution in [0.3, 0.4) is 0 Å². The van der Waals surface area contributed by atoms with Crippen LogP contribution in [0, 0.1) is 17.8 Å². The first-order chi connectivity index (χ1) is 59.3. The highest BCUT2D eigenvalue weighted by atomic mass is 16.4. The number of carbonyl (C=O) groups is 18. The molecule has 0 bridgehead atoms. The Hall–Kier alpha value is -12.0. The van der Waals surface area contributed by atoms with Crippen molar-refractivity contribution in [1.82, 2.24) is 93.1 Å². The van der Waals surface area contributed by atoms with E-state index < -0.39 is 248 Å². The Kier molecular flexibility index (Phi) is 43.6. The van der Waals surface area contributed by atoms with E-state index in [2.05, 4.69) is 83.4 Å². The second-order valence-corrected chi connectivity index (χ2v) is 32.5. The number of aliphatic imine (C=N–C) groups is 1. The number of amides is 16. The van der Waals surface area contributed by atoms with Crippen molar-refractivity contribution in [3.05, 3.63) is 36.4 Å². The van der Waals surface area contributed by atoms with Gasteiger partial charge in [-0.25, -0.2) is 14.8 Å². The molecule has 29 N–H and O–H groups in total. The van der Waals surface area contributed by atoms with Crippen LogP contribution in [0.5, 0.6) is 0 Å². The molecule has 0 saturated carbocycles. The monoisotopic (exact) mass is 1760 g/mol. The number of carboxylic acids is 2. The number of nitrogens with two attached hydrogens (primary N) is 7. The predicted molar refractivity (Wildman–Crippen MR) is 450 cm³/mol. The molecule has 5 rings (SSSR count). The zero-order valence-corrected chi connectivity index (χ0v) is 72.0. The van der Waals surface area contributed by atoms with Crippen LogP contribution in [-0.4, -0.2) is 288 Å². The first-order valence-electron chi connectivity index (χ1n) is 42.7. The average Bonchev–Trinajstić information content (AvgIpc) is 1.74. The number of rotatable bonds is 56. The first kappa shape index (κ1) is 104. The van der Waals surface area contributed by atoms with Crippen molar-refractivity contribution in [3.63, 3.8) is 0 Å². The summed E-state index contributed by atoms with van der Waals surface area (Å²) in [5, 5.41) is 47.7. The molecule has 125 heavy (non-hydrogen) atoms. The Bertz CT molecular complexity index is 4010. The van der Waals surface area contributed by atoms with Gasteiger partial charge in [-0.15, -0.1) is 0 Å². The topological polar surface area (TPSA) is 742 Å². The van der Waals surface area contributed by atoms with Gasteiger partial charge in [0.1, 0.15) is 78.5 Å². The van der Waals surface area contributed by atoms with Crippen LogP contribution >= 0.6 is 0 Å². The van der Waals surface area contributed by atoms with Crippen molar-refractivity contribution in [2.24, 2.45) is 62.9 Å². The molecule has 3 aliphatic heterocycles. The number of nitrogens with one attached hydrogen (secondary N) is 13. The fraction of sp³-hybridized carbons (Fsp3) is 0.684. The van der Waals surface area contributed by atoms with Crippen molar-refractivity contribution in [2.45, 2.75) is 280 Å². The summed E-state index contributed by atoms with van der Waals surface area (Å²) in [6.45, 7) is 10.0. The van der Waals surface area contributed by atoms with E-state index in [1.807, 2.05) is 0 Å². The maximum absolute atomic E-state index is 15.0. The number of aromatic nitrogens is 4. The number of imidazole rings is 2. The zero-order chi connectivity index (χ0) is 92.7. The summed E-state index contributed by atoms with van der Waals surface area (Å²) in [5.74, 6) is -18.0. The molecule has 696 valence electrons. The SMILES string of the molecule is CC[C@H](C)[C@H](NC(=O)[C@@H]1CCCN1C(=O)[C@H](Cc1cnc[nH]1)NC(=O)[C@H](CCCCN)NC(=O)[C@@H]1CCCN1C(=O)[C@@H](N)CCCN=C(N)N)C(=O)N[C@@H](CCCCN)C(=O)N[C@@H](Cc1cnc[nH]1)C(=O)N[C@@H](CCC(N)=O)C(=O)NCC(=O)N[C@@H](CC(C)C)C(=O)N1CCC[C@H]1C(=O)N[C@@H](CCC(N)=O)C(=O)N[C@@H](CCC(=O)O)C(=O)N[C@H](C(=O)O)C(C)C. The highest BCUT2D eigenvalue weighted by molar-refractivity contribution is 6.01. The number of H-pyrrole nitrogens is 2. The third-order valence-electron chi connectivity index (χ3n) is 21.9. The number of carboxylic acid groups (broad SMARTS) is 2. The standard InChI is InChI=1S/C79H130N26O20/c1-7-44(6)64(102-73(119)58-21-15-33-105(58)77(123)55(36-46-38-88-41-92-46)100-67(113)48(17-8-10-28-80)96-71(117)56-19-13-31-103(56)75(121)47(82)16-12-30-89-79(85)86)74(120)98-49(18-9-11-29-81)66(112)99-53(35-45-37-87-40-91-45)70(116)94-50(22-25-59(83)106)65(111)90-39-61(108)93-54(34-42(2)3)76(122)104-32-14-20-57(104)72(118)97-51(23-26-60(84)107)68(114)95-52(24-27-62(109)110)69(115)101-63(43(4)5)78(124)125/h37-38,40-44,47-58,63-64H,7-36,39,80-82H2,1-6H3,(H2,83,106)(H2,84,107)(H,87,91)(H,88,92)(H,90,111)(H,93,108)(H,94,116)(H,95,114)(H,96,117)(H,97,118)(H,98,120)(H,99,112)(H,100,113)(H,101,115)(H,102,119)(H,109,110)(H,124,125)(H4,85,86,89)/t44-,47-,48-,49-,50-,51-,52-,53-,54-,55-,56-,57-,58-,63-,64-/m0/s1. The predicted octanol–water partition coefficient (Wildman–Crippen LogP) is -6.28. The number of aliphatic carboxylic acids is 2. The fourth-order valence-electron chi connectivity index (χ4n) is 14.8. The van der Waals surface area contributed by atoms with Crippen molar-refractivity contribution in [3.8, 4) is 0 Å². The van der Waals surface area contributed by atoms with Crippen LogP contribution in [0.15, 0.2) is 30.0 Å². The summed E-state index contributed by atoms with van der Waals surface area (Å²) in [6.07, 6.45) is 5.88. The molecule has 15 atom stereocenters. The van der Waals surface area contributed by atoms with E-state index in [1.165, 1.54) is 53.6 Å². The van der Waals surface area contributed by atoms with Crippen LogP contribution < -0.4 is 98.6 Å². The van der Waals surface area contributed by atoms with Gasteiger partial charge in [0.15, 0.2) is 5.96 Å². The number of hydrogen-bond acceptors (Lipinski definition) is 24. The minimum absolute atomic E-state index is 0.0223. The summed E-state index contributed by atoms with van der Waals surface area (Å²) in [7, 11) is 0. The lowest BCUT2D eigenvalue weighted by atomic mass is 9.96. The quantitative estimate of drug-likeness (QED) is 0.0166. The van der Waals surface area contributed by atoms with Gasteiger partial charge in [-0.2, -0.15) is 0 Å². The van der Waals surface area contributed by atoms with Crippen LogP contribution in [0.4, 0.5) is 0 Å². The molecule has 0 aromatic carbocycles. The van der Waals surface area contributed by atoms with Gasteiger partial charge < -0.3 is 134 Å². The van der Waals surface area contributed by atoms with Crippen LogP contribution in [0.25, 0.3) is 0 Å². The van der Waals surface area contributed by atoms with E-state index in [4.69, 9.17) is 40.1 Å². The molecule has 0 spiro atoms. The largest absolute Gasteiger partial charge is 0.481 e. The lowest BCUT2D eigenvalue weighted by Crippen LogP contribution is -2.61. The van der Waals surface area contributed by atoms with Gasteiger partial charge in [0.25, 0.3) is 0 Å². The normalized spacial score (nSPS) is 17.8. The minimum Gasteiger partial charge on any atom is -0.481 e. The fourth-order valence-corrected chi connectivity index (χ4v) is 14.8. The highest BCUT2D eigenvalue weighted by Gasteiger charge is 2.45. The van der Waals surface area contributed by atoms with E-state index in [0.717, 1.165) is 0 Å². The van der Waals surface area contributed by atoms with Gasteiger partial charge in [-0.05, 0) is 146 Å². The third kappa shape index (κ3) is 34.2. The second-order valence-electron chi connectivity index (χ2n) is 32.5. The molecule has 16 amide bonds. The Morgan fingerprint density at radius 1 is 0.472 bits per heavy atom. The van der Waals surface area contributed by atoms with Gasteiger partial charge in [0, 0.05) is 82.1 Å². The lowest BCUT2D eigenvalue weighted by Gasteiger charge is -2.32. The van der Waals surface area contributed by atoms with Crippen LogP contribution in [-0.2, 0) is 99.1 Å². The van der Waals surface area contributed by atoms with E-state index in [0.29, 0.717) is 56.3 Å². The maximum atomic E-state index is 15.0. The minimum atomic E-state index is -1.65. The summed E-state index contributed by atoms with van der Waals surface area (Å²) >= 11 is 0. The summed E-state index contributed by atoms with van der Waals surface area (Å²) in [5.41, 5.74) is 40.6. The number of carbonyl (C=O) groups excluding carboxylic acids is 16. The van der Waals surface area contributed by atoms with Crippen molar-refractivity contribution >= 4 is 112 Å². The molecule has 5 heterocycles. The van der Waals surface area contributed by atoms with E-state index in [1.54, 1.807) is 27.7 Å². The van der Waals surface area contributed by atoms with Crippen molar-refractivity contribution < 1.29 is 96.5 Å². The number of aromatic amines is 2. The van der Waals surface area contributed by atoms with E-state index >= 15 is 4.79 Å². The molecule has 2 aromatic heterocycles. The highest BCUT2D eigenvalue weighted by Crippen LogP contribution is 2.25. The summed E-state index contributed by atoms with van der Waals surface area (Å²) in [6, 6.07) is -19.1. The molecule has 0 unspecified atom stereocenters. The Morgan fingerprint density at radius 2 is 0.888 bits per heavy atom. The molecule has 3 aliphatic rings. The number of hydrogen-bond donors (Lipinski definition) is 22. The first-order valence-corrected chi connectivity index (χ1v) is 42.7. The van der Waals surface area contributed by atoms with Gasteiger partial charge in [0.05, 0.1) is 25.2 Å². The Morgan fingerprint density at radius 3 is 1.34 bits per heavy atom. The molecule has 3 saturated heterocycles. The van der Waals surface area contributed by atoms with Gasteiger partial charge >= 0.3 is 11.9 Å². The van der Waals surface area contributed by atoms with Crippen LogP contribution in [0.2, 0.25) is 0 Å². The molecule has 0 aliphatic carbocycles. The number of unbranched alkanes of at least 4 members (excludes halogenated alkanes) is 2. The number of nitrogens with zero attached hydrogens (tertiary/aromatic N) is 6.